The minimum Gasteiger partial charge on any atom is -0.396 e. The van der Waals surface area contributed by atoms with Crippen molar-refractivity contribution in [3.63, 3.8) is 0 Å². The molecule has 6 nitrogen and oxygen atoms in total. The number of carbonyl (C=O) groups excluding carboxylic acids is 1. The largest absolute Gasteiger partial charge is 0.396 e. The van der Waals surface area contributed by atoms with Crippen molar-refractivity contribution in [2.24, 2.45) is 5.92 Å². The molecule has 2 amide bonds. The number of nitrogens with zero attached hydrogens (tertiary/aromatic N) is 1. The van der Waals surface area contributed by atoms with Crippen LogP contribution in [0.15, 0.2) is 42.5 Å². The Kier molecular flexibility index (Phi) is 5.27. The molecule has 0 radical (unpaired) electrons. The number of rotatable bonds is 2. The number of amides is 2. The van der Waals surface area contributed by atoms with Gasteiger partial charge in [0.25, 0.3) is 0 Å². The molecular formula is C21H25N3O3. The van der Waals surface area contributed by atoms with Crippen LogP contribution in [0.4, 0.5) is 21.9 Å². The van der Waals surface area contributed by atoms with E-state index >= 15 is 0 Å². The lowest BCUT2D eigenvalue weighted by Crippen LogP contribution is -2.39. The van der Waals surface area contributed by atoms with Gasteiger partial charge in [0.1, 0.15) is 0 Å². The summed E-state index contributed by atoms with van der Waals surface area (Å²) < 4.78 is 5.46. The van der Waals surface area contributed by atoms with Crippen molar-refractivity contribution < 1.29 is 14.6 Å². The van der Waals surface area contributed by atoms with Crippen LogP contribution in [0.5, 0.6) is 0 Å². The number of nitrogens with one attached hydrogen (secondary N) is 2. The molecule has 27 heavy (non-hydrogen) atoms. The summed E-state index contributed by atoms with van der Waals surface area (Å²) in [7, 11) is 0. The second-order valence-electron chi connectivity index (χ2n) is 7.15. The maximum atomic E-state index is 12.7. The van der Waals surface area contributed by atoms with Crippen molar-refractivity contribution in [3.8, 4) is 0 Å². The molecule has 1 atom stereocenters. The summed E-state index contributed by atoms with van der Waals surface area (Å²) in [6.07, 6.45) is 1.97. The number of hydrogen-bond donors (Lipinski definition) is 3. The minimum atomic E-state index is -0.159. The van der Waals surface area contributed by atoms with E-state index in [0.29, 0.717) is 26.3 Å². The zero-order valence-electron chi connectivity index (χ0n) is 15.3. The van der Waals surface area contributed by atoms with Crippen LogP contribution >= 0.6 is 0 Å². The molecular weight excluding hydrogens is 342 g/mol. The number of ether oxygens (including phenoxy) is 1. The molecule has 0 spiro atoms. The monoisotopic (exact) mass is 367 g/mol. The van der Waals surface area contributed by atoms with Crippen LogP contribution in [0.3, 0.4) is 0 Å². The van der Waals surface area contributed by atoms with Gasteiger partial charge >= 0.3 is 6.03 Å². The molecule has 2 aliphatic heterocycles. The van der Waals surface area contributed by atoms with Gasteiger partial charge in [-0.05, 0) is 42.2 Å². The Morgan fingerprint density at radius 2 is 2.00 bits per heavy atom. The van der Waals surface area contributed by atoms with Gasteiger partial charge in [0.05, 0.1) is 13.2 Å². The molecule has 4 rings (SSSR count). The van der Waals surface area contributed by atoms with E-state index in [1.807, 2.05) is 18.2 Å². The van der Waals surface area contributed by atoms with Gasteiger partial charge in [-0.3, -0.25) is 0 Å². The SMILES string of the molecule is O=C(Nc1ccc2c(c1)Nc1ccccc1CC2)N1CCOC[C@@H](CO)C1. The molecule has 3 N–H and O–H groups in total. The molecule has 1 fully saturated rings. The number of para-hydroxylation sites is 1. The minimum absolute atomic E-state index is 0.0198. The lowest BCUT2D eigenvalue weighted by atomic mass is 10.0. The average Bonchev–Trinajstić information content (AvgIpc) is 3.04. The highest BCUT2D eigenvalue weighted by molar-refractivity contribution is 5.90. The fourth-order valence-electron chi connectivity index (χ4n) is 3.64. The predicted molar refractivity (Wildman–Crippen MR) is 106 cm³/mol. The summed E-state index contributed by atoms with van der Waals surface area (Å²) in [6.45, 7) is 2.03. The summed E-state index contributed by atoms with van der Waals surface area (Å²) in [5, 5.41) is 15.9. The van der Waals surface area contributed by atoms with Crippen LogP contribution in [0, 0.1) is 5.92 Å². The molecule has 0 aromatic heterocycles. The first-order valence-corrected chi connectivity index (χ1v) is 9.45. The van der Waals surface area contributed by atoms with Crippen LogP contribution in [-0.4, -0.2) is 48.9 Å². The first kappa shape index (κ1) is 17.8. The Bertz CT molecular complexity index is 824. The zero-order chi connectivity index (χ0) is 18.6. The number of aryl methyl sites for hydroxylation is 2. The number of fused-ring (bicyclic) bond motifs is 2. The Balaban J connectivity index is 1.49. The van der Waals surface area contributed by atoms with Crippen LogP contribution in [-0.2, 0) is 17.6 Å². The first-order valence-electron chi connectivity index (χ1n) is 9.45. The zero-order valence-corrected chi connectivity index (χ0v) is 15.3. The third-order valence-corrected chi connectivity index (χ3v) is 5.19. The van der Waals surface area contributed by atoms with E-state index in [1.165, 1.54) is 11.1 Å². The molecule has 2 heterocycles. The Morgan fingerprint density at radius 1 is 1.19 bits per heavy atom. The molecule has 0 bridgehead atoms. The van der Waals surface area contributed by atoms with Crippen LogP contribution < -0.4 is 10.6 Å². The van der Waals surface area contributed by atoms with E-state index in [1.54, 1.807) is 4.90 Å². The Hall–Kier alpha value is -2.57. The van der Waals surface area contributed by atoms with E-state index in [2.05, 4.69) is 34.9 Å². The molecule has 0 aliphatic carbocycles. The highest BCUT2D eigenvalue weighted by Gasteiger charge is 2.22. The summed E-state index contributed by atoms with van der Waals surface area (Å²) in [5.74, 6) is -0.0385. The number of hydrogen-bond acceptors (Lipinski definition) is 4. The third-order valence-electron chi connectivity index (χ3n) is 5.19. The lowest BCUT2D eigenvalue weighted by molar-refractivity contribution is 0.0958. The fourth-order valence-corrected chi connectivity index (χ4v) is 3.64. The molecule has 1 saturated heterocycles. The highest BCUT2D eigenvalue weighted by Crippen LogP contribution is 2.31. The maximum Gasteiger partial charge on any atom is 0.321 e. The van der Waals surface area contributed by atoms with Gasteiger partial charge in [0, 0.05) is 42.7 Å². The van der Waals surface area contributed by atoms with Gasteiger partial charge in [-0.2, -0.15) is 0 Å². The first-order chi connectivity index (χ1) is 13.2. The van der Waals surface area contributed by atoms with Gasteiger partial charge in [0.15, 0.2) is 0 Å². The molecule has 142 valence electrons. The molecule has 6 heteroatoms. The smallest absolute Gasteiger partial charge is 0.321 e. The number of anilines is 3. The van der Waals surface area contributed by atoms with E-state index in [9.17, 15) is 9.90 Å². The highest BCUT2D eigenvalue weighted by atomic mass is 16.5. The van der Waals surface area contributed by atoms with E-state index in [4.69, 9.17) is 4.74 Å². The molecule has 0 saturated carbocycles. The summed E-state index contributed by atoms with van der Waals surface area (Å²) in [4.78, 5) is 14.4. The van der Waals surface area contributed by atoms with E-state index < -0.39 is 0 Å². The second-order valence-corrected chi connectivity index (χ2v) is 7.15. The normalized spacial score (nSPS) is 19.1. The van der Waals surface area contributed by atoms with Crippen LogP contribution in [0.1, 0.15) is 11.1 Å². The maximum absolute atomic E-state index is 12.7. The number of urea groups is 1. The van der Waals surface area contributed by atoms with Crippen molar-refractivity contribution in [2.75, 3.05) is 43.5 Å². The van der Waals surface area contributed by atoms with Crippen molar-refractivity contribution >= 4 is 23.1 Å². The third kappa shape index (κ3) is 4.07. The molecule has 2 aromatic rings. The topological polar surface area (TPSA) is 73.8 Å². The molecule has 2 aliphatic rings. The number of carbonyl (C=O) groups is 1. The lowest BCUT2D eigenvalue weighted by Gasteiger charge is -2.23. The van der Waals surface area contributed by atoms with Crippen LogP contribution in [0.2, 0.25) is 0 Å². The van der Waals surface area contributed by atoms with Crippen molar-refractivity contribution in [2.45, 2.75) is 12.8 Å². The quantitative estimate of drug-likeness (QED) is 0.763. The van der Waals surface area contributed by atoms with E-state index in [-0.39, 0.29) is 18.6 Å². The number of benzene rings is 2. The average molecular weight is 367 g/mol. The van der Waals surface area contributed by atoms with Crippen molar-refractivity contribution in [1.82, 2.24) is 4.90 Å². The Morgan fingerprint density at radius 3 is 2.85 bits per heavy atom. The summed E-state index contributed by atoms with van der Waals surface area (Å²) in [6, 6.07) is 14.2. The molecule has 0 unspecified atom stereocenters. The fraction of sp³-hybridized carbons (Fsp3) is 0.381. The van der Waals surface area contributed by atoms with Gasteiger partial charge in [-0.15, -0.1) is 0 Å². The second kappa shape index (κ2) is 7.98. The van der Waals surface area contributed by atoms with Gasteiger partial charge in [-0.1, -0.05) is 24.3 Å². The van der Waals surface area contributed by atoms with Gasteiger partial charge in [-0.25, -0.2) is 4.79 Å². The number of aliphatic hydroxyl groups is 1. The summed E-state index contributed by atoms with van der Waals surface area (Å²) >= 11 is 0. The standard InChI is InChI=1S/C21H25N3O3/c25-13-15-12-24(9-10-27-14-15)21(26)22-18-8-7-17-6-5-16-3-1-2-4-19(16)23-20(17)11-18/h1-4,7-8,11,15,23,25H,5-6,9-10,12-14H2,(H,22,26)/t15-/m1/s1. The molecule has 2 aromatic carbocycles. The summed E-state index contributed by atoms with van der Waals surface area (Å²) in [5.41, 5.74) is 5.46. The van der Waals surface area contributed by atoms with Crippen molar-refractivity contribution in [3.05, 3.63) is 53.6 Å². The van der Waals surface area contributed by atoms with Crippen molar-refractivity contribution in [1.29, 1.82) is 0 Å². The van der Waals surface area contributed by atoms with E-state index in [0.717, 1.165) is 29.9 Å². The van der Waals surface area contributed by atoms with Crippen LogP contribution in [0.25, 0.3) is 0 Å². The predicted octanol–water partition coefficient (Wildman–Crippen LogP) is 3.00. The van der Waals surface area contributed by atoms with Gasteiger partial charge < -0.3 is 25.4 Å². The van der Waals surface area contributed by atoms with Gasteiger partial charge in [0.2, 0.25) is 0 Å². The number of aliphatic hydroxyl groups excluding tert-OH is 1. The Labute approximate surface area is 159 Å².